The van der Waals surface area contributed by atoms with Gasteiger partial charge in [-0.3, -0.25) is 4.79 Å². The van der Waals surface area contributed by atoms with Crippen molar-refractivity contribution in [2.45, 2.75) is 6.10 Å². The predicted octanol–water partition coefficient (Wildman–Crippen LogP) is 4.85. The Balaban J connectivity index is 1.93. The molecule has 0 saturated carbocycles. The molecule has 1 atom stereocenters. The molecular weight excluding hydrogens is 460 g/mol. The SMILES string of the molecule is NC(=O)c1c(F)ccc(OC(CO)c2cc(-c3ccc(Cl)cc3)c(Br)o2)c1F. The molecule has 0 aliphatic rings. The van der Waals surface area contributed by atoms with Crippen LogP contribution in [-0.4, -0.2) is 17.6 Å². The van der Waals surface area contributed by atoms with Gasteiger partial charge in [0.15, 0.2) is 22.3 Å². The number of carbonyl (C=O) groups is 1. The van der Waals surface area contributed by atoms with Crippen molar-refractivity contribution < 1.29 is 27.8 Å². The Hall–Kier alpha value is -2.42. The highest BCUT2D eigenvalue weighted by atomic mass is 79.9. The standard InChI is InChI=1S/C19H13BrClF2NO4/c20-18-11(9-1-3-10(21)4-2-9)7-14(28-18)15(8-25)27-13-6-5-12(22)16(17(13)23)19(24)26/h1-7,15,25H,8H2,(H2,24,26). The molecule has 3 rings (SSSR count). The number of benzene rings is 2. The van der Waals surface area contributed by atoms with Gasteiger partial charge < -0.3 is 20.0 Å². The lowest BCUT2D eigenvalue weighted by Gasteiger charge is -2.16. The summed E-state index contributed by atoms with van der Waals surface area (Å²) in [7, 11) is 0. The first-order valence-electron chi connectivity index (χ1n) is 7.92. The van der Waals surface area contributed by atoms with E-state index in [0.29, 0.717) is 15.3 Å². The summed E-state index contributed by atoms with van der Waals surface area (Å²) in [4.78, 5) is 11.3. The number of primary amides is 1. The predicted molar refractivity (Wildman–Crippen MR) is 102 cm³/mol. The van der Waals surface area contributed by atoms with Crippen molar-refractivity contribution in [3.05, 3.63) is 75.1 Å². The summed E-state index contributed by atoms with van der Waals surface area (Å²) in [6, 6.07) is 10.4. The Morgan fingerprint density at radius 3 is 2.54 bits per heavy atom. The van der Waals surface area contributed by atoms with Crippen LogP contribution in [0, 0.1) is 11.6 Å². The van der Waals surface area contributed by atoms with E-state index in [1.54, 1.807) is 30.3 Å². The molecule has 2 aromatic carbocycles. The molecule has 9 heteroatoms. The molecule has 1 aromatic heterocycles. The number of aliphatic hydroxyl groups is 1. The van der Waals surface area contributed by atoms with E-state index < -0.39 is 41.6 Å². The highest BCUT2D eigenvalue weighted by Crippen LogP contribution is 2.36. The summed E-state index contributed by atoms with van der Waals surface area (Å²) in [6.07, 6.45) is -1.11. The van der Waals surface area contributed by atoms with Crippen molar-refractivity contribution in [3.63, 3.8) is 0 Å². The van der Waals surface area contributed by atoms with Crippen molar-refractivity contribution >= 4 is 33.4 Å². The fraction of sp³-hybridized carbons (Fsp3) is 0.105. The number of carbonyl (C=O) groups excluding carboxylic acids is 1. The van der Waals surface area contributed by atoms with Crippen LogP contribution >= 0.6 is 27.5 Å². The van der Waals surface area contributed by atoms with Gasteiger partial charge in [-0.15, -0.1) is 0 Å². The minimum absolute atomic E-state index is 0.184. The second-order valence-corrected chi connectivity index (χ2v) is 6.89. The monoisotopic (exact) mass is 471 g/mol. The van der Waals surface area contributed by atoms with Crippen molar-refractivity contribution in [2.75, 3.05) is 6.61 Å². The third-order valence-corrected chi connectivity index (χ3v) is 4.76. The molecular formula is C19H13BrClF2NO4. The average molecular weight is 473 g/mol. The van der Waals surface area contributed by atoms with E-state index in [9.17, 15) is 18.7 Å². The number of hydrogen-bond donors (Lipinski definition) is 2. The molecule has 5 nitrogen and oxygen atoms in total. The lowest BCUT2D eigenvalue weighted by atomic mass is 10.1. The Morgan fingerprint density at radius 1 is 1.25 bits per heavy atom. The first-order chi connectivity index (χ1) is 13.3. The van der Waals surface area contributed by atoms with Gasteiger partial charge in [0.25, 0.3) is 5.91 Å². The van der Waals surface area contributed by atoms with E-state index in [-0.39, 0.29) is 5.76 Å². The van der Waals surface area contributed by atoms with E-state index in [4.69, 9.17) is 26.5 Å². The van der Waals surface area contributed by atoms with E-state index in [0.717, 1.165) is 17.7 Å². The van der Waals surface area contributed by atoms with E-state index >= 15 is 0 Å². The van der Waals surface area contributed by atoms with Gasteiger partial charge in [0.05, 0.1) is 6.61 Å². The maximum Gasteiger partial charge on any atom is 0.254 e. The molecule has 0 saturated heterocycles. The fourth-order valence-electron chi connectivity index (χ4n) is 2.56. The van der Waals surface area contributed by atoms with Crippen molar-refractivity contribution in [3.8, 4) is 16.9 Å². The third-order valence-electron chi connectivity index (χ3n) is 3.92. The lowest BCUT2D eigenvalue weighted by molar-refractivity contribution is 0.0917. The third kappa shape index (κ3) is 4.04. The Morgan fingerprint density at radius 2 is 1.93 bits per heavy atom. The van der Waals surface area contributed by atoms with Gasteiger partial charge in [0.1, 0.15) is 17.1 Å². The van der Waals surface area contributed by atoms with Gasteiger partial charge in [-0.05, 0) is 51.8 Å². The molecule has 1 unspecified atom stereocenters. The molecule has 0 aliphatic heterocycles. The zero-order chi connectivity index (χ0) is 20.4. The number of ether oxygens (including phenoxy) is 1. The van der Waals surface area contributed by atoms with Crippen molar-refractivity contribution in [1.29, 1.82) is 0 Å². The molecule has 0 aliphatic carbocycles. The summed E-state index contributed by atoms with van der Waals surface area (Å²) in [5.41, 5.74) is 5.52. The first kappa shape index (κ1) is 20.3. The molecule has 0 spiro atoms. The fourth-order valence-corrected chi connectivity index (χ4v) is 3.22. The quantitative estimate of drug-likeness (QED) is 0.537. The van der Waals surface area contributed by atoms with Gasteiger partial charge in [-0.1, -0.05) is 23.7 Å². The summed E-state index contributed by atoms with van der Waals surface area (Å²) in [5.74, 6) is -3.90. The lowest BCUT2D eigenvalue weighted by Crippen LogP contribution is -2.18. The number of hydrogen-bond acceptors (Lipinski definition) is 4. The van der Waals surface area contributed by atoms with Crippen LogP contribution in [-0.2, 0) is 0 Å². The maximum atomic E-state index is 14.4. The highest BCUT2D eigenvalue weighted by molar-refractivity contribution is 9.10. The summed E-state index contributed by atoms with van der Waals surface area (Å²) < 4.78 is 39.4. The smallest absolute Gasteiger partial charge is 0.254 e. The number of amides is 1. The van der Waals surface area contributed by atoms with Crippen LogP contribution in [0.4, 0.5) is 8.78 Å². The number of halogens is 4. The van der Waals surface area contributed by atoms with Crippen LogP contribution in [0.5, 0.6) is 5.75 Å². The van der Waals surface area contributed by atoms with Gasteiger partial charge >= 0.3 is 0 Å². The summed E-state index contributed by atoms with van der Waals surface area (Å²) >= 11 is 9.17. The molecule has 0 bridgehead atoms. The second kappa shape index (κ2) is 8.30. The molecule has 0 radical (unpaired) electrons. The molecule has 0 fully saturated rings. The number of aliphatic hydroxyl groups excluding tert-OH is 1. The van der Waals surface area contributed by atoms with Crippen LogP contribution in [0.3, 0.4) is 0 Å². The second-order valence-electron chi connectivity index (χ2n) is 5.73. The Labute approximate surface area is 171 Å². The molecule has 3 N–H and O–H groups in total. The van der Waals surface area contributed by atoms with Crippen LogP contribution < -0.4 is 10.5 Å². The number of furan rings is 1. The Bertz CT molecular complexity index is 1020. The van der Waals surface area contributed by atoms with Crippen LogP contribution in [0.1, 0.15) is 22.2 Å². The van der Waals surface area contributed by atoms with Crippen LogP contribution in [0.15, 0.2) is 51.6 Å². The summed E-state index contributed by atoms with van der Waals surface area (Å²) in [6.45, 7) is -0.567. The molecule has 1 amide bonds. The molecule has 1 heterocycles. The topological polar surface area (TPSA) is 85.7 Å². The van der Waals surface area contributed by atoms with Crippen LogP contribution in [0.25, 0.3) is 11.1 Å². The average Bonchev–Trinajstić information content (AvgIpc) is 3.03. The van der Waals surface area contributed by atoms with Crippen molar-refractivity contribution in [2.24, 2.45) is 5.73 Å². The molecule has 3 aromatic rings. The van der Waals surface area contributed by atoms with E-state index in [2.05, 4.69) is 15.9 Å². The number of rotatable bonds is 6. The zero-order valence-corrected chi connectivity index (χ0v) is 16.4. The first-order valence-corrected chi connectivity index (χ1v) is 9.09. The zero-order valence-electron chi connectivity index (χ0n) is 14.1. The molecule has 146 valence electrons. The van der Waals surface area contributed by atoms with Gasteiger partial charge in [0, 0.05) is 10.6 Å². The van der Waals surface area contributed by atoms with E-state index in [1.807, 2.05) is 0 Å². The summed E-state index contributed by atoms with van der Waals surface area (Å²) in [5, 5.41) is 10.2. The number of nitrogens with two attached hydrogens (primary N) is 1. The largest absolute Gasteiger partial charge is 0.477 e. The normalized spacial score (nSPS) is 12.0. The Kier molecular flexibility index (Phi) is 6.02. The van der Waals surface area contributed by atoms with Crippen molar-refractivity contribution in [1.82, 2.24) is 0 Å². The minimum atomic E-state index is -1.27. The van der Waals surface area contributed by atoms with Crippen LogP contribution in [0.2, 0.25) is 5.02 Å². The van der Waals surface area contributed by atoms with Gasteiger partial charge in [0.2, 0.25) is 0 Å². The van der Waals surface area contributed by atoms with Gasteiger partial charge in [-0.25, -0.2) is 8.78 Å². The van der Waals surface area contributed by atoms with E-state index in [1.165, 1.54) is 0 Å². The van der Waals surface area contributed by atoms with Gasteiger partial charge in [-0.2, -0.15) is 0 Å². The minimum Gasteiger partial charge on any atom is -0.477 e. The highest BCUT2D eigenvalue weighted by Gasteiger charge is 2.25. The molecule has 28 heavy (non-hydrogen) atoms. The maximum absolute atomic E-state index is 14.4.